The molecule has 0 bridgehead atoms. The predicted octanol–water partition coefficient (Wildman–Crippen LogP) is 2.33. The van der Waals surface area contributed by atoms with Gasteiger partial charge in [-0.3, -0.25) is 9.71 Å². The number of benzene rings is 2. The third-order valence-electron chi connectivity index (χ3n) is 3.70. The van der Waals surface area contributed by atoms with E-state index >= 15 is 0 Å². The summed E-state index contributed by atoms with van der Waals surface area (Å²) < 4.78 is 44.7. The number of rotatable bonds is 8. The normalized spacial score (nSPS) is 12.9. The van der Waals surface area contributed by atoms with Gasteiger partial charge in [0.15, 0.2) is 17.5 Å². The molecule has 0 saturated heterocycles. The first-order valence-corrected chi connectivity index (χ1v) is 10.6. The van der Waals surface area contributed by atoms with Gasteiger partial charge >= 0.3 is 0 Å². The maximum atomic E-state index is 13.6. The Balaban J connectivity index is 1.89. The molecule has 28 heavy (non-hydrogen) atoms. The predicted molar refractivity (Wildman–Crippen MR) is 110 cm³/mol. The van der Waals surface area contributed by atoms with Crippen LogP contribution in [0.2, 0.25) is 0 Å². The minimum atomic E-state index is -3.37. The first-order chi connectivity index (χ1) is 13.3. The number of hydrogen-bond acceptors (Lipinski definition) is 4. The number of ether oxygens (including phenoxy) is 1. The van der Waals surface area contributed by atoms with Crippen molar-refractivity contribution >= 4 is 21.7 Å². The van der Waals surface area contributed by atoms with Crippen LogP contribution in [0.1, 0.15) is 12.5 Å². The summed E-state index contributed by atoms with van der Waals surface area (Å²) in [6.45, 7) is 2.58. The molecular formula is C19H25FN4O3S. The van der Waals surface area contributed by atoms with E-state index in [1.165, 1.54) is 6.07 Å². The Morgan fingerprint density at radius 3 is 2.50 bits per heavy atom. The van der Waals surface area contributed by atoms with Crippen molar-refractivity contribution in [1.82, 2.24) is 10.6 Å². The summed E-state index contributed by atoms with van der Waals surface area (Å²) in [6.07, 6.45) is 0.809. The Bertz CT molecular complexity index is 919. The fourth-order valence-electron chi connectivity index (χ4n) is 2.41. The van der Waals surface area contributed by atoms with Gasteiger partial charge < -0.3 is 15.4 Å². The van der Waals surface area contributed by atoms with Crippen molar-refractivity contribution in [2.24, 2.45) is 4.99 Å². The minimum Gasteiger partial charge on any atom is -0.486 e. The number of para-hydroxylation sites is 2. The van der Waals surface area contributed by atoms with E-state index in [9.17, 15) is 12.8 Å². The monoisotopic (exact) mass is 408 g/mol. The van der Waals surface area contributed by atoms with Crippen LogP contribution in [0.25, 0.3) is 0 Å². The van der Waals surface area contributed by atoms with Gasteiger partial charge in [0.25, 0.3) is 0 Å². The number of nitrogens with one attached hydrogen (secondary N) is 3. The second-order valence-electron chi connectivity index (χ2n) is 6.20. The van der Waals surface area contributed by atoms with E-state index in [1.54, 1.807) is 37.4 Å². The van der Waals surface area contributed by atoms with E-state index in [1.807, 2.05) is 19.1 Å². The standard InChI is InChI=1S/C19H25FN4O3S/c1-14(27-18-11-7-5-9-16(18)20)12-22-19(21-2)23-13-15-8-4-6-10-17(15)24-28(3,25)26/h4-11,14,24H,12-13H2,1-3H3,(H2,21,22,23). The molecule has 0 aliphatic heterocycles. The molecular weight excluding hydrogens is 383 g/mol. The SMILES string of the molecule is CN=C(NCc1ccccc1NS(C)(=O)=O)NCC(C)Oc1ccccc1F. The summed E-state index contributed by atoms with van der Waals surface area (Å²) in [5, 5.41) is 6.22. The van der Waals surface area contributed by atoms with E-state index in [2.05, 4.69) is 20.3 Å². The minimum absolute atomic E-state index is 0.195. The second kappa shape index (κ2) is 9.93. The highest BCUT2D eigenvalue weighted by molar-refractivity contribution is 7.92. The number of guanidine groups is 1. The first kappa shape index (κ1) is 21.5. The molecule has 2 rings (SSSR count). The Morgan fingerprint density at radius 1 is 1.14 bits per heavy atom. The summed E-state index contributed by atoms with van der Waals surface area (Å²) in [6, 6.07) is 13.3. The maximum Gasteiger partial charge on any atom is 0.229 e. The highest BCUT2D eigenvalue weighted by atomic mass is 32.2. The Morgan fingerprint density at radius 2 is 1.82 bits per heavy atom. The van der Waals surface area contributed by atoms with Crippen LogP contribution in [-0.4, -0.2) is 40.3 Å². The van der Waals surface area contributed by atoms with Gasteiger partial charge in [-0.05, 0) is 30.7 Å². The molecule has 2 aromatic carbocycles. The number of anilines is 1. The lowest BCUT2D eigenvalue weighted by Gasteiger charge is -2.18. The zero-order chi connectivity index (χ0) is 20.6. The molecule has 0 saturated carbocycles. The summed E-state index contributed by atoms with van der Waals surface area (Å²) in [7, 11) is -1.75. The number of hydrogen-bond donors (Lipinski definition) is 3. The van der Waals surface area contributed by atoms with Crippen LogP contribution in [0.15, 0.2) is 53.5 Å². The molecule has 0 amide bonds. The largest absolute Gasteiger partial charge is 0.486 e. The molecule has 2 aromatic rings. The number of sulfonamides is 1. The van der Waals surface area contributed by atoms with Gasteiger partial charge in [0, 0.05) is 13.6 Å². The van der Waals surface area contributed by atoms with E-state index in [0.29, 0.717) is 24.7 Å². The lowest BCUT2D eigenvalue weighted by molar-refractivity contribution is 0.214. The van der Waals surface area contributed by atoms with Gasteiger partial charge in [0.05, 0.1) is 18.5 Å². The quantitative estimate of drug-likeness (QED) is 0.461. The first-order valence-electron chi connectivity index (χ1n) is 8.70. The van der Waals surface area contributed by atoms with Crippen molar-refractivity contribution in [2.45, 2.75) is 19.6 Å². The topological polar surface area (TPSA) is 91.8 Å². The number of nitrogens with zero attached hydrogens (tertiary/aromatic N) is 1. The van der Waals surface area contributed by atoms with Gasteiger partial charge in [-0.1, -0.05) is 30.3 Å². The second-order valence-corrected chi connectivity index (χ2v) is 7.95. The zero-order valence-corrected chi connectivity index (χ0v) is 16.9. The Hall–Kier alpha value is -2.81. The molecule has 0 radical (unpaired) electrons. The molecule has 3 N–H and O–H groups in total. The Kier molecular flexibility index (Phi) is 7.62. The van der Waals surface area contributed by atoms with Crippen LogP contribution >= 0.6 is 0 Å². The lowest BCUT2D eigenvalue weighted by atomic mass is 10.2. The number of halogens is 1. The van der Waals surface area contributed by atoms with Crippen molar-refractivity contribution < 1.29 is 17.5 Å². The molecule has 0 aliphatic rings. The van der Waals surface area contributed by atoms with E-state index in [0.717, 1.165) is 11.8 Å². The summed E-state index contributed by atoms with van der Waals surface area (Å²) >= 11 is 0. The fraction of sp³-hybridized carbons (Fsp3) is 0.316. The van der Waals surface area contributed by atoms with Crippen LogP contribution < -0.4 is 20.1 Å². The van der Waals surface area contributed by atoms with E-state index < -0.39 is 15.8 Å². The highest BCUT2D eigenvalue weighted by Crippen LogP contribution is 2.17. The van der Waals surface area contributed by atoms with Crippen molar-refractivity contribution in [3.8, 4) is 5.75 Å². The smallest absolute Gasteiger partial charge is 0.229 e. The third-order valence-corrected chi connectivity index (χ3v) is 4.30. The number of aliphatic imine (C=N–C) groups is 1. The molecule has 152 valence electrons. The van der Waals surface area contributed by atoms with Crippen molar-refractivity contribution in [3.63, 3.8) is 0 Å². The van der Waals surface area contributed by atoms with Crippen molar-refractivity contribution in [3.05, 3.63) is 59.9 Å². The summed E-state index contributed by atoms with van der Waals surface area (Å²) in [4.78, 5) is 4.13. The van der Waals surface area contributed by atoms with Gasteiger partial charge in [-0.15, -0.1) is 0 Å². The van der Waals surface area contributed by atoms with Crippen molar-refractivity contribution in [1.29, 1.82) is 0 Å². The van der Waals surface area contributed by atoms with Crippen LogP contribution in [0.3, 0.4) is 0 Å². The molecule has 9 heteroatoms. The Labute approximate surface area is 165 Å². The molecule has 1 atom stereocenters. The van der Waals surface area contributed by atoms with Gasteiger partial charge in [0.1, 0.15) is 6.10 Å². The lowest BCUT2D eigenvalue weighted by Crippen LogP contribution is -2.41. The zero-order valence-electron chi connectivity index (χ0n) is 16.1. The molecule has 0 aromatic heterocycles. The molecule has 0 heterocycles. The van der Waals surface area contributed by atoms with Gasteiger partial charge in [-0.2, -0.15) is 0 Å². The highest BCUT2D eigenvalue weighted by Gasteiger charge is 2.10. The van der Waals surface area contributed by atoms with Gasteiger partial charge in [-0.25, -0.2) is 12.8 Å². The molecule has 7 nitrogen and oxygen atoms in total. The molecule has 0 fully saturated rings. The summed E-state index contributed by atoms with van der Waals surface area (Å²) in [5.41, 5.74) is 1.27. The average molecular weight is 408 g/mol. The summed E-state index contributed by atoms with van der Waals surface area (Å²) in [5.74, 6) is 0.297. The van der Waals surface area contributed by atoms with Crippen LogP contribution in [0.4, 0.5) is 10.1 Å². The molecule has 0 aliphatic carbocycles. The van der Waals surface area contributed by atoms with E-state index in [-0.39, 0.29) is 11.9 Å². The average Bonchev–Trinajstić information content (AvgIpc) is 2.64. The maximum absolute atomic E-state index is 13.6. The fourth-order valence-corrected chi connectivity index (χ4v) is 3.01. The van der Waals surface area contributed by atoms with Crippen LogP contribution in [-0.2, 0) is 16.6 Å². The van der Waals surface area contributed by atoms with E-state index in [4.69, 9.17) is 4.74 Å². The molecule has 0 spiro atoms. The van der Waals surface area contributed by atoms with Crippen molar-refractivity contribution in [2.75, 3.05) is 24.6 Å². The third kappa shape index (κ3) is 7.07. The molecule has 1 unspecified atom stereocenters. The van der Waals surface area contributed by atoms with Crippen LogP contribution in [0.5, 0.6) is 5.75 Å². The van der Waals surface area contributed by atoms with Gasteiger partial charge in [0.2, 0.25) is 10.0 Å². The van der Waals surface area contributed by atoms with Crippen LogP contribution in [0, 0.1) is 5.82 Å².